The van der Waals surface area contributed by atoms with Gasteiger partial charge in [-0.3, -0.25) is 4.98 Å². The average Bonchev–Trinajstić information content (AvgIpc) is 2.84. The third-order valence-corrected chi connectivity index (χ3v) is 2.52. The molecule has 0 fully saturated rings. The molecule has 0 bridgehead atoms. The fraction of sp³-hybridized carbons (Fsp3) is 0.167. The predicted molar refractivity (Wildman–Crippen MR) is 64.8 cm³/mol. The first-order valence-corrected chi connectivity index (χ1v) is 5.83. The van der Waals surface area contributed by atoms with Crippen molar-refractivity contribution in [1.82, 2.24) is 24.6 Å². The number of hydrogen-bond acceptors (Lipinski definition) is 5. The minimum atomic E-state index is -4.65. The third kappa shape index (κ3) is 2.62. The molecule has 9 heteroatoms. The molecular formula is C12H8F3N5O. The summed E-state index contributed by atoms with van der Waals surface area (Å²) in [6.45, 7) is 1.62. The summed E-state index contributed by atoms with van der Waals surface area (Å²) in [6.07, 6.45) is -1.66. The summed E-state index contributed by atoms with van der Waals surface area (Å²) in [7, 11) is 0. The summed E-state index contributed by atoms with van der Waals surface area (Å²) in [4.78, 5) is 11.1. The molecule has 3 aromatic rings. The zero-order valence-electron chi connectivity index (χ0n) is 10.7. The zero-order valence-corrected chi connectivity index (χ0v) is 10.7. The fourth-order valence-electron chi connectivity index (χ4n) is 1.67. The van der Waals surface area contributed by atoms with Gasteiger partial charge in [0.2, 0.25) is 5.88 Å². The Morgan fingerprint density at radius 2 is 2.05 bits per heavy atom. The average molecular weight is 295 g/mol. The van der Waals surface area contributed by atoms with E-state index in [4.69, 9.17) is 4.74 Å². The lowest BCUT2D eigenvalue weighted by Crippen LogP contribution is -2.07. The van der Waals surface area contributed by atoms with E-state index in [2.05, 4.69) is 20.1 Å². The second kappa shape index (κ2) is 4.69. The van der Waals surface area contributed by atoms with Crippen molar-refractivity contribution >= 4 is 5.78 Å². The molecule has 0 aliphatic rings. The number of nitrogens with zero attached hydrogens (tertiary/aromatic N) is 5. The van der Waals surface area contributed by atoms with Crippen LogP contribution >= 0.6 is 0 Å². The van der Waals surface area contributed by atoms with Crippen LogP contribution in [0.4, 0.5) is 13.2 Å². The highest BCUT2D eigenvalue weighted by atomic mass is 19.4. The molecule has 0 spiro atoms. The van der Waals surface area contributed by atoms with Crippen LogP contribution < -0.4 is 4.74 Å². The molecule has 0 N–H and O–H groups in total. The first-order valence-electron chi connectivity index (χ1n) is 5.83. The van der Waals surface area contributed by atoms with Gasteiger partial charge in [0.05, 0.1) is 6.20 Å². The van der Waals surface area contributed by atoms with Crippen molar-refractivity contribution in [2.45, 2.75) is 13.1 Å². The van der Waals surface area contributed by atoms with Crippen molar-refractivity contribution in [1.29, 1.82) is 0 Å². The maximum Gasteiger partial charge on any atom is 0.453 e. The van der Waals surface area contributed by atoms with Crippen molar-refractivity contribution in [3.05, 3.63) is 42.1 Å². The Bertz CT molecular complexity index is 785. The Kier molecular flexibility index (Phi) is 2.96. The van der Waals surface area contributed by atoms with Gasteiger partial charge in [-0.25, -0.2) is 4.98 Å². The molecule has 6 nitrogen and oxygen atoms in total. The fourth-order valence-corrected chi connectivity index (χ4v) is 1.67. The van der Waals surface area contributed by atoms with E-state index < -0.39 is 12.0 Å². The lowest BCUT2D eigenvalue weighted by molar-refractivity contribution is -0.144. The van der Waals surface area contributed by atoms with Crippen LogP contribution in [0.1, 0.15) is 11.5 Å². The summed E-state index contributed by atoms with van der Waals surface area (Å²) in [5.41, 5.74) is 0.461. The number of rotatable bonds is 2. The molecule has 3 aromatic heterocycles. The van der Waals surface area contributed by atoms with Gasteiger partial charge < -0.3 is 4.74 Å². The van der Waals surface area contributed by atoms with Gasteiger partial charge in [-0.1, -0.05) is 0 Å². The van der Waals surface area contributed by atoms with Crippen molar-refractivity contribution < 1.29 is 17.9 Å². The van der Waals surface area contributed by atoms with Gasteiger partial charge in [-0.15, -0.1) is 5.10 Å². The number of hydrogen-bond donors (Lipinski definition) is 0. The van der Waals surface area contributed by atoms with E-state index >= 15 is 0 Å². The summed E-state index contributed by atoms with van der Waals surface area (Å²) in [5, 5.41) is 3.39. The second-order valence-corrected chi connectivity index (χ2v) is 4.17. The van der Waals surface area contributed by atoms with Gasteiger partial charge in [-0.2, -0.15) is 22.7 Å². The monoisotopic (exact) mass is 295 g/mol. The molecule has 0 saturated carbocycles. The first kappa shape index (κ1) is 13.3. The number of aromatic nitrogens is 5. The Hall–Kier alpha value is -2.71. The van der Waals surface area contributed by atoms with E-state index in [1.807, 2.05) is 0 Å². The van der Waals surface area contributed by atoms with Crippen LogP contribution in [0.3, 0.4) is 0 Å². The maximum atomic E-state index is 12.7. The molecule has 0 amide bonds. The molecule has 108 valence electrons. The number of alkyl halides is 3. The quantitative estimate of drug-likeness (QED) is 0.727. The summed E-state index contributed by atoms with van der Waals surface area (Å²) >= 11 is 0. The van der Waals surface area contributed by atoms with Crippen molar-refractivity contribution in [3.8, 4) is 11.6 Å². The minimum Gasteiger partial charge on any atom is -0.437 e. The molecule has 0 aliphatic carbocycles. The SMILES string of the molecule is Cc1cc(Oc2cccnc2)n2nc(C(F)(F)F)nc2n1. The van der Waals surface area contributed by atoms with E-state index in [0.29, 0.717) is 11.4 Å². The van der Waals surface area contributed by atoms with Crippen LogP contribution in [0.15, 0.2) is 30.6 Å². The summed E-state index contributed by atoms with van der Waals surface area (Å²) in [6, 6.07) is 4.73. The van der Waals surface area contributed by atoms with Crippen molar-refractivity contribution in [3.63, 3.8) is 0 Å². The summed E-state index contributed by atoms with van der Waals surface area (Å²) < 4.78 is 44.4. The summed E-state index contributed by atoms with van der Waals surface area (Å²) in [5.74, 6) is -1.00. The molecule has 0 atom stereocenters. The number of halogens is 3. The third-order valence-electron chi connectivity index (χ3n) is 2.52. The molecule has 0 radical (unpaired) electrons. The maximum absolute atomic E-state index is 12.7. The lowest BCUT2D eigenvalue weighted by atomic mass is 10.4. The van der Waals surface area contributed by atoms with Crippen LogP contribution in [0.2, 0.25) is 0 Å². The van der Waals surface area contributed by atoms with Crippen LogP contribution in [-0.2, 0) is 6.18 Å². The topological polar surface area (TPSA) is 65.2 Å². The smallest absolute Gasteiger partial charge is 0.437 e. The van der Waals surface area contributed by atoms with Crippen LogP contribution in [0, 0.1) is 6.92 Å². The Labute approximate surface area is 116 Å². The van der Waals surface area contributed by atoms with Crippen LogP contribution in [0.25, 0.3) is 5.78 Å². The normalized spacial score (nSPS) is 11.8. The second-order valence-electron chi connectivity index (χ2n) is 4.17. The molecule has 0 aromatic carbocycles. The van der Waals surface area contributed by atoms with Crippen LogP contribution in [0.5, 0.6) is 11.6 Å². The molecule has 0 aliphatic heterocycles. The van der Waals surface area contributed by atoms with E-state index in [0.717, 1.165) is 4.52 Å². The van der Waals surface area contributed by atoms with Gasteiger partial charge >= 0.3 is 6.18 Å². The zero-order chi connectivity index (χ0) is 15.0. The highest BCUT2D eigenvalue weighted by Gasteiger charge is 2.37. The van der Waals surface area contributed by atoms with Gasteiger partial charge in [0, 0.05) is 18.0 Å². The van der Waals surface area contributed by atoms with Crippen LogP contribution in [-0.4, -0.2) is 24.6 Å². The largest absolute Gasteiger partial charge is 0.453 e. The standard InChI is InChI=1S/C12H8F3N5O/c1-7-5-9(21-8-3-2-4-16-6-8)20-11(17-7)18-10(19-20)12(13,14)15/h2-6H,1H3. The molecule has 0 unspecified atom stereocenters. The predicted octanol–water partition coefficient (Wildman–Crippen LogP) is 2.64. The molecular weight excluding hydrogens is 287 g/mol. The molecule has 0 saturated heterocycles. The number of ether oxygens (including phenoxy) is 1. The Balaban J connectivity index is 2.11. The van der Waals surface area contributed by atoms with E-state index in [1.165, 1.54) is 12.3 Å². The number of aryl methyl sites for hydroxylation is 1. The van der Waals surface area contributed by atoms with Gasteiger partial charge in [0.1, 0.15) is 5.75 Å². The van der Waals surface area contributed by atoms with Crippen molar-refractivity contribution in [2.24, 2.45) is 0 Å². The van der Waals surface area contributed by atoms with Gasteiger partial charge in [0.25, 0.3) is 11.6 Å². The minimum absolute atomic E-state index is 0.0773. The van der Waals surface area contributed by atoms with E-state index in [-0.39, 0.29) is 11.7 Å². The van der Waals surface area contributed by atoms with E-state index in [1.54, 1.807) is 25.3 Å². The highest BCUT2D eigenvalue weighted by Crippen LogP contribution is 2.28. The number of fused-ring (bicyclic) bond motifs is 1. The lowest BCUT2D eigenvalue weighted by Gasteiger charge is -2.06. The Morgan fingerprint density at radius 3 is 2.71 bits per heavy atom. The Morgan fingerprint density at radius 1 is 1.24 bits per heavy atom. The molecule has 3 heterocycles. The highest BCUT2D eigenvalue weighted by molar-refractivity contribution is 5.36. The number of pyridine rings is 1. The van der Waals surface area contributed by atoms with Crippen molar-refractivity contribution in [2.75, 3.05) is 0 Å². The van der Waals surface area contributed by atoms with E-state index in [9.17, 15) is 13.2 Å². The van der Waals surface area contributed by atoms with Gasteiger partial charge in [0.15, 0.2) is 0 Å². The first-order chi connectivity index (χ1) is 9.93. The molecule has 21 heavy (non-hydrogen) atoms. The molecule has 3 rings (SSSR count). The van der Waals surface area contributed by atoms with Gasteiger partial charge in [-0.05, 0) is 19.1 Å².